The Hall–Kier alpha value is -1.61. The molecule has 1 aliphatic heterocycles. The van der Waals surface area contributed by atoms with Gasteiger partial charge in [0.2, 0.25) is 0 Å². The van der Waals surface area contributed by atoms with Gasteiger partial charge in [0.1, 0.15) is 11.9 Å². The highest BCUT2D eigenvalue weighted by molar-refractivity contribution is 7.16. The second-order valence-corrected chi connectivity index (χ2v) is 6.76. The normalized spacial score (nSPS) is 15.9. The van der Waals surface area contributed by atoms with Crippen LogP contribution in [0.15, 0.2) is 30.5 Å². The van der Waals surface area contributed by atoms with Gasteiger partial charge in [-0.25, -0.2) is 4.98 Å². The van der Waals surface area contributed by atoms with Crippen LogP contribution in [0.25, 0.3) is 0 Å². The van der Waals surface area contributed by atoms with E-state index in [1.165, 1.54) is 4.88 Å². The molecule has 3 rings (SSSR count). The summed E-state index contributed by atoms with van der Waals surface area (Å²) in [6.45, 7) is 4.67. The van der Waals surface area contributed by atoms with Gasteiger partial charge in [0.05, 0.1) is 9.90 Å². The average molecular weight is 319 g/mol. The van der Waals surface area contributed by atoms with Crippen molar-refractivity contribution in [3.05, 3.63) is 45.2 Å². The maximum Gasteiger partial charge on any atom is 0.146 e. The predicted octanol–water partition coefficient (Wildman–Crippen LogP) is 2.99. The molecular weight excluding hydrogens is 304 g/mol. The number of nitrogens with zero attached hydrogens (tertiary/aromatic N) is 4. The van der Waals surface area contributed by atoms with Crippen LogP contribution in [0.3, 0.4) is 0 Å². The summed E-state index contributed by atoms with van der Waals surface area (Å²) in [4.78, 5) is 10.3. The Bertz CT molecular complexity index is 656. The van der Waals surface area contributed by atoms with Gasteiger partial charge in [0.15, 0.2) is 0 Å². The number of anilines is 1. The Morgan fingerprint density at radius 1 is 1.24 bits per heavy atom. The number of pyridine rings is 1. The Labute approximate surface area is 133 Å². The minimum Gasteiger partial charge on any atom is -0.353 e. The minimum atomic E-state index is 0.649. The van der Waals surface area contributed by atoms with Gasteiger partial charge in [0.25, 0.3) is 0 Å². The Balaban J connectivity index is 1.61. The van der Waals surface area contributed by atoms with Crippen LogP contribution in [-0.2, 0) is 6.54 Å². The topological polar surface area (TPSA) is 43.2 Å². The van der Waals surface area contributed by atoms with Gasteiger partial charge in [0, 0.05) is 43.8 Å². The third-order valence-electron chi connectivity index (χ3n) is 3.59. The molecule has 0 amide bonds. The van der Waals surface area contributed by atoms with Gasteiger partial charge < -0.3 is 4.90 Å². The van der Waals surface area contributed by atoms with Crippen LogP contribution in [-0.4, -0.2) is 36.1 Å². The lowest BCUT2D eigenvalue weighted by Crippen LogP contribution is -2.46. The van der Waals surface area contributed by atoms with Crippen molar-refractivity contribution in [1.29, 1.82) is 5.26 Å². The smallest absolute Gasteiger partial charge is 0.146 e. The van der Waals surface area contributed by atoms with Crippen molar-refractivity contribution in [3.8, 4) is 6.07 Å². The van der Waals surface area contributed by atoms with Crippen molar-refractivity contribution in [2.45, 2.75) is 6.54 Å². The molecule has 2 aromatic rings. The van der Waals surface area contributed by atoms with E-state index in [0.717, 1.165) is 42.9 Å². The molecule has 21 heavy (non-hydrogen) atoms. The molecule has 3 heterocycles. The van der Waals surface area contributed by atoms with E-state index in [2.05, 4.69) is 26.9 Å². The van der Waals surface area contributed by atoms with Crippen LogP contribution in [0.2, 0.25) is 4.34 Å². The van der Waals surface area contributed by atoms with Crippen LogP contribution in [0.1, 0.15) is 10.4 Å². The fourth-order valence-electron chi connectivity index (χ4n) is 2.51. The third kappa shape index (κ3) is 3.35. The zero-order chi connectivity index (χ0) is 14.7. The van der Waals surface area contributed by atoms with Gasteiger partial charge in [-0.15, -0.1) is 11.3 Å². The molecule has 0 saturated carbocycles. The summed E-state index contributed by atoms with van der Waals surface area (Å²) in [7, 11) is 0. The summed E-state index contributed by atoms with van der Waals surface area (Å²) in [6, 6.07) is 9.88. The monoisotopic (exact) mass is 318 g/mol. The van der Waals surface area contributed by atoms with Gasteiger partial charge in [-0.1, -0.05) is 11.6 Å². The van der Waals surface area contributed by atoms with Crippen LogP contribution in [0.5, 0.6) is 0 Å². The van der Waals surface area contributed by atoms with Crippen molar-refractivity contribution >= 4 is 28.8 Å². The second-order valence-electron chi connectivity index (χ2n) is 4.96. The molecule has 1 saturated heterocycles. The van der Waals surface area contributed by atoms with Gasteiger partial charge in [-0.2, -0.15) is 5.26 Å². The van der Waals surface area contributed by atoms with E-state index in [1.54, 1.807) is 23.6 Å². The molecule has 108 valence electrons. The van der Waals surface area contributed by atoms with Crippen molar-refractivity contribution in [3.63, 3.8) is 0 Å². The maximum absolute atomic E-state index is 9.16. The van der Waals surface area contributed by atoms with Gasteiger partial charge >= 0.3 is 0 Å². The first-order valence-electron chi connectivity index (χ1n) is 6.83. The summed E-state index contributed by atoms with van der Waals surface area (Å²) < 4.78 is 0.843. The summed E-state index contributed by atoms with van der Waals surface area (Å²) in [6.07, 6.45) is 1.75. The molecule has 0 aliphatic carbocycles. The van der Waals surface area contributed by atoms with Crippen molar-refractivity contribution in [1.82, 2.24) is 9.88 Å². The average Bonchev–Trinajstić information content (AvgIpc) is 2.93. The molecule has 0 radical (unpaired) electrons. The molecule has 0 N–H and O–H groups in total. The highest BCUT2D eigenvalue weighted by Crippen LogP contribution is 2.24. The van der Waals surface area contributed by atoms with Gasteiger partial charge in [-0.3, -0.25) is 4.90 Å². The van der Waals surface area contributed by atoms with Crippen LogP contribution < -0.4 is 4.90 Å². The molecule has 4 nitrogen and oxygen atoms in total. The molecule has 0 aromatic carbocycles. The lowest BCUT2D eigenvalue weighted by atomic mass is 10.2. The number of piperazine rings is 1. The molecule has 0 bridgehead atoms. The lowest BCUT2D eigenvalue weighted by Gasteiger charge is -2.35. The second kappa shape index (κ2) is 6.44. The molecule has 6 heteroatoms. The van der Waals surface area contributed by atoms with Crippen LogP contribution in [0, 0.1) is 11.3 Å². The first-order chi connectivity index (χ1) is 10.3. The zero-order valence-corrected chi connectivity index (χ0v) is 13.1. The molecule has 1 aliphatic rings. The molecule has 0 spiro atoms. The number of hydrogen-bond acceptors (Lipinski definition) is 5. The Kier molecular flexibility index (Phi) is 4.39. The number of halogens is 1. The maximum atomic E-state index is 9.16. The highest BCUT2D eigenvalue weighted by Gasteiger charge is 2.20. The summed E-state index contributed by atoms with van der Waals surface area (Å²) in [5, 5.41) is 9.16. The van der Waals surface area contributed by atoms with E-state index in [9.17, 15) is 0 Å². The number of aromatic nitrogens is 1. The molecule has 1 fully saturated rings. The summed E-state index contributed by atoms with van der Waals surface area (Å²) in [5.74, 6) is 0.804. The fraction of sp³-hybridized carbons (Fsp3) is 0.333. The standard InChI is InChI=1S/C15H15ClN4S/c16-14-4-3-13(21-14)11-19-6-8-20(9-7-19)15-12(10-17)2-1-5-18-15/h1-5H,6-9,11H2. The largest absolute Gasteiger partial charge is 0.353 e. The third-order valence-corrected chi connectivity index (χ3v) is 4.80. The molecule has 0 atom stereocenters. The van der Waals surface area contributed by atoms with E-state index in [-0.39, 0.29) is 0 Å². The first-order valence-corrected chi connectivity index (χ1v) is 8.02. The zero-order valence-electron chi connectivity index (χ0n) is 11.5. The summed E-state index contributed by atoms with van der Waals surface area (Å²) in [5.41, 5.74) is 0.649. The van der Waals surface area contributed by atoms with Crippen molar-refractivity contribution < 1.29 is 0 Å². The van der Waals surface area contributed by atoms with E-state index in [4.69, 9.17) is 16.9 Å². The van der Waals surface area contributed by atoms with Gasteiger partial charge in [-0.05, 0) is 24.3 Å². The van der Waals surface area contributed by atoms with Crippen LogP contribution in [0.4, 0.5) is 5.82 Å². The predicted molar refractivity (Wildman–Crippen MR) is 85.8 cm³/mol. The lowest BCUT2D eigenvalue weighted by molar-refractivity contribution is 0.251. The molecule has 2 aromatic heterocycles. The number of nitriles is 1. The Morgan fingerprint density at radius 3 is 2.71 bits per heavy atom. The van der Waals surface area contributed by atoms with Crippen molar-refractivity contribution in [2.24, 2.45) is 0 Å². The van der Waals surface area contributed by atoms with E-state index in [1.807, 2.05) is 12.1 Å². The quantitative estimate of drug-likeness (QED) is 0.872. The fourth-order valence-corrected chi connectivity index (χ4v) is 3.64. The first kappa shape index (κ1) is 14.3. The molecule has 0 unspecified atom stereocenters. The van der Waals surface area contributed by atoms with E-state index in [0.29, 0.717) is 5.56 Å². The van der Waals surface area contributed by atoms with E-state index >= 15 is 0 Å². The minimum absolute atomic E-state index is 0.649. The number of rotatable bonds is 3. The highest BCUT2D eigenvalue weighted by atomic mass is 35.5. The number of thiophene rings is 1. The molecular formula is C15H15ClN4S. The van der Waals surface area contributed by atoms with Crippen molar-refractivity contribution in [2.75, 3.05) is 31.1 Å². The van der Waals surface area contributed by atoms with Crippen LogP contribution >= 0.6 is 22.9 Å². The Morgan fingerprint density at radius 2 is 2.05 bits per heavy atom. The summed E-state index contributed by atoms with van der Waals surface area (Å²) >= 11 is 7.61. The van der Waals surface area contributed by atoms with E-state index < -0.39 is 0 Å². The SMILES string of the molecule is N#Cc1cccnc1N1CCN(Cc2ccc(Cl)s2)CC1. The number of hydrogen-bond donors (Lipinski definition) is 0.